The quantitative estimate of drug-likeness (QED) is 0.767. The van der Waals surface area contributed by atoms with Gasteiger partial charge >= 0.3 is 0 Å². The second-order valence-corrected chi connectivity index (χ2v) is 9.89. The zero-order valence-corrected chi connectivity index (χ0v) is 17.1. The average Bonchev–Trinajstić information content (AvgIpc) is 3.35. The number of hydrogen-bond acceptors (Lipinski definition) is 5. The average molecular weight is 413 g/mol. The van der Waals surface area contributed by atoms with Gasteiger partial charge in [-0.1, -0.05) is 6.07 Å². The summed E-state index contributed by atoms with van der Waals surface area (Å²) in [5.41, 5.74) is 3.92. The molecule has 1 amide bonds. The summed E-state index contributed by atoms with van der Waals surface area (Å²) in [5.74, 6) is 0.655. The fraction of sp³-hybridized carbons (Fsp3) is 0.429. The highest BCUT2D eigenvalue weighted by Gasteiger charge is 2.37. The number of hydrogen-bond donors (Lipinski definition) is 0. The maximum Gasteiger partial charge on any atom is 0.243 e. The van der Waals surface area contributed by atoms with Crippen LogP contribution in [0, 0.1) is 6.92 Å². The van der Waals surface area contributed by atoms with Crippen molar-refractivity contribution >= 4 is 21.6 Å². The molecule has 7 nitrogen and oxygen atoms in total. The number of anilines is 1. The summed E-state index contributed by atoms with van der Waals surface area (Å²) in [5, 5.41) is 0. The van der Waals surface area contributed by atoms with Gasteiger partial charge in [0.05, 0.1) is 17.1 Å². The SMILES string of the molecule is Cc1ccc(OC2CCN(S(=O)(=O)c3cc4c5c(c3)CCN5C(=O)CC4)C2)nc1. The van der Waals surface area contributed by atoms with Crippen LogP contribution in [-0.4, -0.2) is 49.4 Å². The largest absolute Gasteiger partial charge is 0.473 e. The molecule has 0 bridgehead atoms. The van der Waals surface area contributed by atoms with Crippen molar-refractivity contribution in [1.82, 2.24) is 9.29 Å². The van der Waals surface area contributed by atoms with Crippen molar-refractivity contribution in [3.05, 3.63) is 47.2 Å². The fourth-order valence-corrected chi connectivity index (χ4v) is 6.02. The predicted molar refractivity (Wildman–Crippen MR) is 108 cm³/mol. The highest BCUT2D eigenvalue weighted by atomic mass is 32.2. The molecule has 1 fully saturated rings. The molecule has 3 aliphatic rings. The first-order valence-electron chi connectivity index (χ1n) is 9.97. The number of benzene rings is 1. The van der Waals surface area contributed by atoms with Gasteiger partial charge in [0.1, 0.15) is 6.10 Å². The van der Waals surface area contributed by atoms with Gasteiger partial charge in [0.25, 0.3) is 0 Å². The Morgan fingerprint density at radius 3 is 2.66 bits per heavy atom. The molecular weight excluding hydrogens is 390 g/mol. The number of amides is 1. The number of pyridine rings is 1. The summed E-state index contributed by atoms with van der Waals surface area (Å²) >= 11 is 0. The lowest BCUT2D eigenvalue weighted by Crippen LogP contribution is -2.33. The van der Waals surface area contributed by atoms with Crippen LogP contribution in [0.5, 0.6) is 5.88 Å². The van der Waals surface area contributed by atoms with Gasteiger partial charge in [-0.3, -0.25) is 4.79 Å². The van der Waals surface area contributed by atoms with Crippen LogP contribution in [0.1, 0.15) is 29.5 Å². The molecule has 29 heavy (non-hydrogen) atoms. The van der Waals surface area contributed by atoms with E-state index >= 15 is 0 Å². The van der Waals surface area contributed by atoms with Crippen molar-refractivity contribution in [2.45, 2.75) is 43.6 Å². The Morgan fingerprint density at radius 2 is 1.90 bits per heavy atom. The monoisotopic (exact) mass is 413 g/mol. The lowest BCUT2D eigenvalue weighted by atomic mass is 10.00. The summed E-state index contributed by atoms with van der Waals surface area (Å²) < 4.78 is 34.0. The fourth-order valence-electron chi connectivity index (χ4n) is 4.43. The van der Waals surface area contributed by atoms with E-state index in [0.29, 0.717) is 56.1 Å². The number of carbonyl (C=O) groups excluding carboxylic acids is 1. The number of rotatable bonds is 4. The standard InChI is InChI=1S/C21H23N3O4S/c1-14-2-4-19(22-12-14)28-17-7-8-23(13-17)29(26,27)18-10-15-3-5-20(25)24-9-6-16(11-18)21(15)24/h2,4,10-12,17H,3,5-9,13H2,1H3. The van der Waals surface area contributed by atoms with Crippen LogP contribution in [0.15, 0.2) is 35.4 Å². The Balaban J connectivity index is 1.37. The van der Waals surface area contributed by atoms with E-state index < -0.39 is 10.0 Å². The highest BCUT2D eigenvalue weighted by molar-refractivity contribution is 7.89. The number of sulfonamides is 1. The summed E-state index contributed by atoms with van der Waals surface area (Å²) in [6.07, 6.45) is 3.92. The Hall–Kier alpha value is -2.45. The van der Waals surface area contributed by atoms with Gasteiger partial charge in [-0.2, -0.15) is 4.31 Å². The summed E-state index contributed by atoms with van der Waals surface area (Å²) in [6, 6.07) is 7.25. The second-order valence-electron chi connectivity index (χ2n) is 7.95. The first-order valence-corrected chi connectivity index (χ1v) is 11.4. The number of carbonyl (C=O) groups is 1. The molecule has 152 valence electrons. The van der Waals surface area contributed by atoms with Gasteiger partial charge in [0, 0.05) is 31.8 Å². The molecule has 1 aromatic carbocycles. The van der Waals surface area contributed by atoms with E-state index in [9.17, 15) is 13.2 Å². The molecule has 1 unspecified atom stereocenters. The second kappa shape index (κ2) is 6.81. The third kappa shape index (κ3) is 3.20. The van der Waals surface area contributed by atoms with E-state index in [1.54, 1.807) is 23.2 Å². The number of aryl methyl sites for hydroxylation is 2. The number of nitrogens with zero attached hydrogens (tertiary/aromatic N) is 3. The van der Waals surface area contributed by atoms with Crippen molar-refractivity contribution in [2.24, 2.45) is 0 Å². The topological polar surface area (TPSA) is 79.8 Å². The van der Waals surface area contributed by atoms with Gasteiger partial charge in [-0.25, -0.2) is 13.4 Å². The van der Waals surface area contributed by atoms with Crippen LogP contribution < -0.4 is 9.64 Å². The van der Waals surface area contributed by atoms with E-state index in [0.717, 1.165) is 22.4 Å². The molecule has 1 saturated heterocycles. The van der Waals surface area contributed by atoms with Gasteiger partial charge < -0.3 is 9.64 Å². The molecule has 0 spiro atoms. The molecule has 1 atom stereocenters. The van der Waals surface area contributed by atoms with Gasteiger partial charge in [0.15, 0.2) is 0 Å². The number of aromatic nitrogens is 1. The van der Waals surface area contributed by atoms with Crippen LogP contribution in [0.25, 0.3) is 0 Å². The van der Waals surface area contributed by atoms with Gasteiger partial charge in [0.2, 0.25) is 21.8 Å². The third-order valence-corrected chi connectivity index (χ3v) is 7.79. The van der Waals surface area contributed by atoms with Crippen LogP contribution in [0.3, 0.4) is 0 Å². The molecule has 4 heterocycles. The Bertz CT molecular complexity index is 1080. The Labute approximate surface area is 170 Å². The molecule has 0 radical (unpaired) electrons. The highest BCUT2D eigenvalue weighted by Crippen LogP contribution is 2.39. The normalized spacial score (nSPS) is 21.5. The molecule has 0 aliphatic carbocycles. The Morgan fingerprint density at radius 1 is 1.10 bits per heavy atom. The zero-order valence-electron chi connectivity index (χ0n) is 16.3. The summed E-state index contributed by atoms with van der Waals surface area (Å²) in [4.78, 5) is 18.5. The van der Waals surface area contributed by atoms with Crippen LogP contribution in [-0.2, 0) is 27.7 Å². The van der Waals surface area contributed by atoms with E-state index in [1.165, 1.54) is 4.31 Å². The van der Waals surface area contributed by atoms with Crippen molar-refractivity contribution in [2.75, 3.05) is 24.5 Å². The van der Waals surface area contributed by atoms with Crippen molar-refractivity contribution in [3.63, 3.8) is 0 Å². The summed E-state index contributed by atoms with van der Waals surface area (Å²) in [6.45, 7) is 3.35. The van der Waals surface area contributed by atoms with Crippen LogP contribution in [0.2, 0.25) is 0 Å². The molecule has 5 rings (SSSR count). The smallest absolute Gasteiger partial charge is 0.243 e. The van der Waals surface area contributed by atoms with Crippen molar-refractivity contribution in [1.29, 1.82) is 0 Å². The van der Waals surface area contributed by atoms with Crippen molar-refractivity contribution in [3.8, 4) is 5.88 Å². The molecule has 8 heteroatoms. The lowest BCUT2D eigenvalue weighted by Gasteiger charge is -2.26. The van der Waals surface area contributed by atoms with Gasteiger partial charge in [-0.05, 0) is 55.0 Å². The first kappa shape index (κ1) is 18.6. The summed E-state index contributed by atoms with van der Waals surface area (Å²) in [7, 11) is -3.60. The number of ether oxygens (including phenoxy) is 1. The minimum absolute atomic E-state index is 0.135. The minimum atomic E-state index is -3.60. The van der Waals surface area contributed by atoms with Crippen LogP contribution in [0.4, 0.5) is 5.69 Å². The van der Waals surface area contributed by atoms with Gasteiger partial charge in [-0.15, -0.1) is 0 Å². The lowest BCUT2D eigenvalue weighted by molar-refractivity contribution is -0.118. The van der Waals surface area contributed by atoms with Crippen molar-refractivity contribution < 1.29 is 17.9 Å². The predicted octanol–water partition coefficient (Wildman–Crippen LogP) is 2.07. The maximum absolute atomic E-state index is 13.3. The third-order valence-electron chi connectivity index (χ3n) is 5.94. The zero-order chi connectivity index (χ0) is 20.2. The van der Waals surface area contributed by atoms with Crippen LogP contribution >= 0.6 is 0 Å². The first-order chi connectivity index (χ1) is 13.9. The van der Waals surface area contributed by atoms with E-state index in [1.807, 2.05) is 19.1 Å². The Kier molecular flexibility index (Phi) is 4.36. The molecule has 1 aromatic heterocycles. The maximum atomic E-state index is 13.3. The molecule has 3 aliphatic heterocycles. The minimum Gasteiger partial charge on any atom is -0.473 e. The molecule has 0 N–H and O–H groups in total. The molecular formula is C21H23N3O4S. The molecule has 0 saturated carbocycles. The van der Waals surface area contributed by atoms with E-state index in [2.05, 4.69) is 4.98 Å². The molecule has 2 aromatic rings. The van der Waals surface area contributed by atoms with E-state index in [4.69, 9.17) is 4.74 Å². The van der Waals surface area contributed by atoms with E-state index in [-0.39, 0.29) is 12.0 Å².